The summed E-state index contributed by atoms with van der Waals surface area (Å²) in [5.74, 6) is -1.25. The standard InChI is InChI=1S/C20H20ClNO6/c1-11-7-15(21)5-6-17(11)28-12(2)18(23)22-16-9-13(19(24)26-3)8-14(10-16)20(25)27-4/h5-10,12H,1-4H3,(H,22,23)/t12-/m1/s1. The normalized spacial score (nSPS) is 11.3. The van der Waals surface area contributed by atoms with Gasteiger partial charge in [0.15, 0.2) is 6.10 Å². The van der Waals surface area contributed by atoms with E-state index in [1.807, 2.05) is 6.92 Å². The van der Waals surface area contributed by atoms with E-state index in [2.05, 4.69) is 14.8 Å². The second-order valence-corrected chi connectivity index (χ2v) is 6.38. The smallest absolute Gasteiger partial charge is 0.337 e. The van der Waals surface area contributed by atoms with E-state index in [4.69, 9.17) is 16.3 Å². The summed E-state index contributed by atoms with van der Waals surface area (Å²) in [7, 11) is 2.44. The summed E-state index contributed by atoms with van der Waals surface area (Å²) in [5, 5.41) is 3.19. The minimum Gasteiger partial charge on any atom is -0.481 e. The molecule has 2 rings (SSSR count). The van der Waals surface area contributed by atoms with Gasteiger partial charge in [-0.05, 0) is 55.8 Å². The van der Waals surface area contributed by atoms with Crippen molar-refractivity contribution in [3.05, 3.63) is 58.1 Å². The topological polar surface area (TPSA) is 90.9 Å². The Hall–Kier alpha value is -3.06. The van der Waals surface area contributed by atoms with Crippen molar-refractivity contribution in [1.82, 2.24) is 0 Å². The van der Waals surface area contributed by atoms with Crippen molar-refractivity contribution < 1.29 is 28.6 Å². The molecule has 1 amide bonds. The Morgan fingerprint density at radius 3 is 2.04 bits per heavy atom. The lowest BCUT2D eigenvalue weighted by Gasteiger charge is -2.17. The number of nitrogens with one attached hydrogen (secondary N) is 1. The van der Waals surface area contributed by atoms with Crippen LogP contribution in [0, 0.1) is 6.92 Å². The van der Waals surface area contributed by atoms with Crippen LogP contribution >= 0.6 is 11.6 Å². The quantitative estimate of drug-likeness (QED) is 0.738. The Morgan fingerprint density at radius 1 is 0.964 bits per heavy atom. The largest absolute Gasteiger partial charge is 0.481 e. The van der Waals surface area contributed by atoms with E-state index >= 15 is 0 Å². The number of methoxy groups -OCH3 is 2. The van der Waals surface area contributed by atoms with Gasteiger partial charge in [0.25, 0.3) is 5.91 Å². The van der Waals surface area contributed by atoms with Crippen LogP contribution in [0.3, 0.4) is 0 Å². The molecule has 0 saturated carbocycles. The fourth-order valence-corrected chi connectivity index (χ4v) is 2.63. The average Bonchev–Trinajstić information content (AvgIpc) is 2.68. The zero-order valence-corrected chi connectivity index (χ0v) is 16.6. The van der Waals surface area contributed by atoms with Gasteiger partial charge in [-0.1, -0.05) is 11.6 Å². The highest BCUT2D eigenvalue weighted by atomic mass is 35.5. The number of ether oxygens (including phenoxy) is 3. The first-order valence-electron chi connectivity index (χ1n) is 8.30. The van der Waals surface area contributed by atoms with Crippen LogP contribution in [-0.4, -0.2) is 38.2 Å². The highest BCUT2D eigenvalue weighted by Gasteiger charge is 2.19. The van der Waals surface area contributed by atoms with Crippen LogP contribution in [0.5, 0.6) is 5.75 Å². The summed E-state index contributed by atoms with van der Waals surface area (Å²) in [5.41, 5.74) is 1.22. The lowest BCUT2D eigenvalue weighted by molar-refractivity contribution is -0.122. The van der Waals surface area contributed by atoms with Crippen molar-refractivity contribution in [3.8, 4) is 5.75 Å². The van der Waals surface area contributed by atoms with Crippen LogP contribution < -0.4 is 10.1 Å². The van der Waals surface area contributed by atoms with E-state index in [0.29, 0.717) is 10.8 Å². The molecule has 7 nitrogen and oxygen atoms in total. The van der Waals surface area contributed by atoms with Crippen molar-refractivity contribution in [1.29, 1.82) is 0 Å². The molecule has 0 aliphatic heterocycles. The van der Waals surface area contributed by atoms with Gasteiger partial charge in [0.05, 0.1) is 25.3 Å². The molecule has 2 aromatic rings. The number of hydrogen-bond acceptors (Lipinski definition) is 6. The molecule has 0 spiro atoms. The summed E-state index contributed by atoms with van der Waals surface area (Å²) < 4.78 is 15.0. The van der Waals surface area contributed by atoms with Crippen LogP contribution in [0.1, 0.15) is 33.2 Å². The molecule has 0 fully saturated rings. The lowest BCUT2D eigenvalue weighted by Crippen LogP contribution is -2.30. The van der Waals surface area contributed by atoms with Crippen molar-refractivity contribution in [2.24, 2.45) is 0 Å². The zero-order chi connectivity index (χ0) is 20.8. The highest BCUT2D eigenvalue weighted by molar-refractivity contribution is 6.30. The first kappa shape index (κ1) is 21.2. The molecule has 28 heavy (non-hydrogen) atoms. The number of carbonyl (C=O) groups excluding carboxylic acids is 3. The van der Waals surface area contributed by atoms with Crippen LogP contribution in [-0.2, 0) is 14.3 Å². The third-order valence-corrected chi connectivity index (χ3v) is 4.09. The van der Waals surface area contributed by atoms with E-state index < -0.39 is 23.9 Å². The van der Waals surface area contributed by atoms with Gasteiger partial charge in [-0.15, -0.1) is 0 Å². The molecule has 1 N–H and O–H groups in total. The summed E-state index contributed by atoms with van der Waals surface area (Å²) in [6, 6.07) is 9.19. The summed E-state index contributed by atoms with van der Waals surface area (Å²) in [4.78, 5) is 36.2. The number of amides is 1. The number of benzene rings is 2. The molecule has 8 heteroatoms. The number of rotatable bonds is 6. The molecule has 2 aromatic carbocycles. The molecule has 1 atom stereocenters. The number of carbonyl (C=O) groups is 3. The molecule has 0 bridgehead atoms. The lowest BCUT2D eigenvalue weighted by atomic mass is 10.1. The van der Waals surface area contributed by atoms with E-state index in [1.165, 1.54) is 32.4 Å². The van der Waals surface area contributed by atoms with E-state index in [-0.39, 0.29) is 16.8 Å². The van der Waals surface area contributed by atoms with E-state index in [0.717, 1.165) is 5.56 Å². The minimum atomic E-state index is -0.844. The number of anilines is 1. The summed E-state index contributed by atoms with van der Waals surface area (Å²) >= 11 is 5.92. The number of aryl methyl sites for hydroxylation is 1. The van der Waals surface area contributed by atoms with Crippen LogP contribution in [0.2, 0.25) is 5.02 Å². The van der Waals surface area contributed by atoms with Gasteiger partial charge in [-0.25, -0.2) is 9.59 Å². The van der Waals surface area contributed by atoms with E-state index in [1.54, 1.807) is 25.1 Å². The predicted octanol–water partition coefficient (Wildman–Crippen LogP) is 3.63. The fraction of sp³-hybridized carbons (Fsp3) is 0.250. The molecule has 0 radical (unpaired) electrons. The second kappa shape index (κ2) is 9.23. The maximum absolute atomic E-state index is 12.5. The van der Waals surface area contributed by atoms with Gasteiger partial charge in [0.2, 0.25) is 0 Å². The summed E-state index contributed by atoms with van der Waals surface area (Å²) in [6.45, 7) is 3.39. The highest BCUT2D eigenvalue weighted by Crippen LogP contribution is 2.23. The van der Waals surface area contributed by atoms with Crippen LogP contribution in [0.25, 0.3) is 0 Å². The number of esters is 2. The fourth-order valence-electron chi connectivity index (χ4n) is 2.40. The number of hydrogen-bond donors (Lipinski definition) is 1. The molecule has 148 valence electrons. The van der Waals surface area contributed by atoms with Gasteiger partial charge in [0, 0.05) is 10.7 Å². The van der Waals surface area contributed by atoms with Crippen molar-refractivity contribution in [3.63, 3.8) is 0 Å². The molecular formula is C20H20ClNO6. The maximum Gasteiger partial charge on any atom is 0.337 e. The van der Waals surface area contributed by atoms with Crippen molar-refractivity contribution in [2.75, 3.05) is 19.5 Å². The van der Waals surface area contributed by atoms with Gasteiger partial charge in [-0.3, -0.25) is 4.79 Å². The third-order valence-electron chi connectivity index (χ3n) is 3.85. The van der Waals surface area contributed by atoms with Gasteiger partial charge in [0.1, 0.15) is 5.75 Å². The van der Waals surface area contributed by atoms with Crippen LogP contribution in [0.4, 0.5) is 5.69 Å². The zero-order valence-electron chi connectivity index (χ0n) is 15.9. The molecule has 0 heterocycles. The molecule has 0 aliphatic carbocycles. The Bertz CT molecular complexity index is 877. The third kappa shape index (κ3) is 5.23. The molecule has 0 aromatic heterocycles. The van der Waals surface area contributed by atoms with Gasteiger partial charge >= 0.3 is 11.9 Å². The molecular weight excluding hydrogens is 386 g/mol. The van der Waals surface area contributed by atoms with Crippen molar-refractivity contribution >= 4 is 35.1 Å². The molecule has 0 saturated heterocycles. The SMILES string of the molecule is COC(=O)c1cc(NC(=O)[C@@H](C)Oc2ccc(Cl)cc2C)cc(C(=O)OC)c1. The molecule has 0 aliphatic rings. The first-order chi connectivity index (χ1) is 13.2. The van der Waals surface area contributed by atoms with Gasteiger partial charge in [-0.2, -0.15) is 0 Å². The second-order valence-electron chi connectivity index (χ2n) is 5.94. The minimum absolute atomic E-state index is 0.0998. The summed E-state index contributed by atoms with van der Waals surface area (Å²) in [6.07, 6.45) is -0.844. The Morgan fingerprint density at radius 2 is 1.54 bits per heavy atom. The Balaban J connectivity index is 2.21. The monoisotopic (exact) mass is 405 g/mol. The predicted molar refractivity (Wildman–Crippen MR) is 104 cm³/mol. The Kier molecular flexibility index (Phi) is 7.00. The molecule has 0 unspecified atom stereocenters. The average molecular weight is 406 g/mol. The van der Waals surface area contributed by atoms with E-state index in [9.17, 15) is 14.4 Å². The Labute approximate surface area is 167 Å². The van der Waals surface area contributed by atoms with Crippen molar-refractivity contribution in [2.45, 2.75) is 20.0 Å². The maximum atomic E-state index is 12.5. The number of halogens is 1. The van der Waals surface area contributed by atoms with Gasteiger partial charge < -0.3 is 19.5 Å². The van der Waals surface area contributed by atoms with Crippen LogP contribution in [0.15, 0.2) is 36.4 Å². The first-order valence-corrected chi connectivity index (χ1v) is 8.68.